The van der Waals surface area contributed by atoms with Gasteiger partial charge in [0.2, 0.25) is 11.6 Å². The summed E-state index contributed by atoms with van der Waals surface area (Å²) in [7, 11) is 3.10. The van der Waals surface area contributed by atoms with Crippen LogP contribution in [-0.4, -0.2) is 45.9 Å². The smallest absolute Gasteiger partial charge is 0.229 e. The topological polar surface area (TPSA) is 113 Å². The van der Waals surface area contributed by atoms with Crippen LogP contribution in [-0.2, 0) is 22.7 Å². The summed E-state index contributed by atoms with van der Waals surface area (Å²) in [4.78, 5) is 22.7. The first-order valence-electron chi connectivity index (χ1n) is 7.93. The molecule has 0 bridgehead atoms. The molecule has 0 radical (unpaired) electrons. The van der Waals surface area contributed by atoms with E-state index in [4.69, 9.17) is 14.2 Å². The quantitative estimate of drug-likeness (QED) is 0.574. The average molecular weight is 371 g/mol. The normalized spacial score (nSPS) is 13.9. The van der Waals surface area contributed by atoms with E-state index in [-0.39, 0.29) is 24.5 Å². The Labute approximate surface area is 154 Å². The first-order valence-corrected chi connectivity index (χ1v) is 7.93. The molecule has 1 heterocycles. The number of nitrogens with zero attached hydrogens (tertiary/aromatic N) is 3. The molecule has 3 rings (SSSR count). The van der Waals surface area contributed by atoms with Gasteiger partial charge < -0.3 is 19.3 Å². The van der Waals surface area contributed by atoms with E-state index < -0.39 is 11.6 Å². The van der Waals surface area contributed by atoms with Crippen LogP contribution in [0.5, 0.6) is 17.2 Å². The maximum Gasteiger partial charge on any atom is 0.229 e. The number of aliphatic hydroxyl groups excluding tert-OH is 1. The van der Waals surface area contributed by atoms with E-state index in [1.165, 1.54) is 4.68 Å². The third-order valence-corrected chi connectivity index (χ3v) is 3.78. The molecule has 9 nitrogen and oxygen atoms in total. The standard InChI is InChI=1S/C18H17N3O6/c1-25-13-4-14(26-2)6-15(5-13)27-10-12-9-21(20-19-12)8-11-3-17(23)18(24)7-16(11)22/h3-7,9,22H,8,10H2,1-2H3. The lowest BCUT2D eigenvalue weighted by Gasteiger charge is -2.09. The van der Waals surface area contributed by atoms with Crippen molar-refractivity contribution in [2.75, 3.05) is 14.2 Å². The van der Waals surface area contributed by atoms with Crippen LogP contribution in [0.25, 0.3) is 0 Å². The highest BCUT2D eigenvalue weighted by molar-refractivity contribution is 6.46. The van der Waals surface area contributed by atoms with Crippen molar-refractivity contribution >= 4 is 11.6 Å². The molecule has 9 heteroatoms. The molecule has 0 spiro atoms. The van der Waals surface area contributed by atoms with Gasteiger partial charge in [-0.15, -0.1) is 5.10 Å². The van der Waals surface area contributed by atoms with E-state index in [0.717, 1.165) is 12.2 Å². The zero-order valence-electron chi connectivity index (χ0n) is 14.7. The Balaban J connectivity index is 1.65. The number of carbonyl (C=O) groups is 2. The molecule has 0 saturated carbocycles. The van der Waals surface area contributed by atoms with Crippen molar-refractivity contribution < 1.29 is 28.9 Å². The second-order valence-corrected chi connectivity index (χ2v) is 5.67. The molecule has 27 heavy (non-hydrogen) atoms. The molecule has 0 fully saturated rings. The van der Waals surface area contributed by atoms with Crippen molar-refractivity contribution in [2.45, 2.75) is 13.2 Å². The lowest BCUT2D eigenvalue weighted by Crippen LogP contribution is -2.17. The molecule has 1 aliphatic carbocycles. The number of allylic oxidation sites excluding steroid dienone is 3. The second kappa shape index (κ2) is 7.73. The molecule has 0 amide bonds. The highest BCUT2D eigenvalue weighted by Gasteiger charge is 2.20. The first-order chi connectivity index (χ1) is 13.0. The van der Waals surface area contributed by atoms with Gasteiger partial charge in [0.05, 0.1) is 27.0 Å². The van der Waals surface area contributed by atoms with Gasteiger partial charge in [-0.05, 0) is 6.08 Å². The molecule has 0 atom stereocenters. The van der Waals surface area contributed by atoms with Gasteiger partial charge in [0, 0.05) is 29.8 Å². The van der Waals surface area contributed by atoms with Gasteiger partial charge in [-0.3, -0.25) is 9.59 Å². The van der Waals surface area contributed by atoms with E-state index >= 15 is 0 Å². The molecule has 0 unspecified atom stereocenters. The molecular formula is C18H17N3O6. The summed E-state index contributed by atoms with van der Waals surface area (Å²) in [5.74, 6) is 0.0466. The Bertz CT molecular complexity index is 922. The molecular weight excluding hydrogens is 354 g/mol. The molecule has 1 N–H and O–H groups in total. The summed E-state index contributed by atoms with van der Waals surface area (Å²) >= 11 is 0. The van der Waals surface area contributed by atoms with Crippen molar-refractivity contribution in [2.24, 2.45) is 0 Å². The van der Waals surface area contributed by atoms with Crippen LogP contribution >= 0.6 is 0 Å². The van der Waals surface area contributed by atoms with Gasteiger partial charge in [-0.2, -0.15) is 0 Å². The van der Waals surface area contributed by atoms with Crippen LogP contribution in [0.2, 0.25) is 0 Å². The number of aliphatic hydroxyl groups is 1. The van der Waals surface area contributed by atoms with Crippen molar-refractivity contribution in [3.63, 3.8) is 0 Å². The van der Waals surface area contributed by atoms with Gasteiger partial charge in [0.25, 0.3) is 0 Å². The number of hydrogen-bond donors (Lipinski definition) is 1. The fourth-order valence-corrected chi connectivity index (χ4v) is 2.40. The zero-order chi connectivity index (χ0) is 19.4. The summed E-state index contributed by atoms with van der Waals surface area (Å²) in [5.41, 5.74) is 0.827. The SMILES string of the molecule is COc1cc(OC)cc(OCc2cn(CC3=CC(=O)C(=O)C=C3O)nn2)c1. The predicted octanol–water partition coefficient (Wildman–Crippen LogP) is 1.39. The minimum atomic E-state index is -0.752. The van der Waals surface area contributed by atoms with Crippen LogP contribution in [0.3, 0.4) is 0 Å². The summed E-state index contributed by atoms with van der Waals surface area (Å²) in [6.07, 6.45) is 3.61. The predicted molar refractivity (Wildman–Crippen MR) is 92.7 cm³/mol. The second-order valence-electron chi connectivity index (χ2n) is 5.67. The number of rotatable bonds is 7. The molecule has 1 aliphatic rings. The molecule has 2 aromatic rings. The summed E-state index contributed by atoms with van der Waals surface area (Å²) in [5, 5.41) is 17.7. The first kappa shape index (κ1) is 18.2. The highest BCUT2D eigenvalue weighted by atomic mass is 16.5. The molecule has 0 saturated heterocycles. The van der Waals surface area contributed by atoms with Gasteiger partial charge in [-0.1, -0.05) is 5.21 Å². The van der Waals surface area contributed by atoms with Crippen molar-refractivity contribution in [3.05, 3.63) is 53.6 Å². The highest BCUT2D eigenvalue weighted by Crippen LogP contribution is 2.27. The molecule has 1 aromatic carbocycles. The van der Waals surface area contributed by atoms with Crippen LogP contribution in [0, 0.1) is 0 Å². The Hall–Kier alpha value is -3.62. The van der Waals surface area contributed by atoms with Gasteiger partial charge >= 0.3 is 0 Å². The Morgan fingerprint density at radius 1 is 1.00 bits per heavy atom. The van der Waals surface area contributed by atoms with E-state index in [9.17, 15) is 14.7 Å². The fraction of sp³-hybridized carbons (Fsp3) is 0.222. The van der Waals surface area contributed by atoms with Gasteiger partial charge in [0.1, 0.15) is 35.3 Å². The van der Waals surface area contributed by atoms with Crippen molar-refractivity contribution in [1.82, 2.24) is 15.0 Å². The van der Waals surface area contributed by atoms with E-state index in [2.05, 4.69) is 10.3 Å². The fourth-order valence-electron chi connectivity index (χ4n) is 2.40. The van der Waals surface area contributed by atoms with Crippen LogP contribution in [0.1, 0.15) is 5.69 Å². The number of ether oxygens (including phenoxy) is 3. The largest absolute Gasteiger partial charge is 0.507 e. The van der Waals surface area contributed by atoms with Gasteiger partial charge in [-0.25, -0.2) is 4.68 Å². The third kappa shape index (κ3) is 4.32. The maximum absolute atomic E-state index is 11.4. The van der Waals surface area contributed by atoms with Crippen LogP contribution in [0.4, 0.5) is 0 Å². The number of carbonyl (C=O) groups excluding carboxylic acids is 2. The third-order valence-electron chi connectivity index (χ3n) is 3.78. The summed E-state index contributed by atoms with van der Waals surface area (Å²) in [6, 6.07) is 5.16. The lowest BCUT2D eigenvalue weighted by atomic mass is 10.0. The van der Waals surface area contributed by atoms with E-state index in [1.54, 1.807) is 38.6 Å². The summed E-state index contributed by atoms with van der Waals surface area (Å²) < 4.78 is 17.5. The summed E-state index contributed by atoms with van der Waals surface area (Å²) in [6.45, 7) is 0.246. The molecule has 0 aliphatic heterocycles. The zero-order valence-corrected chi connectivity index (χ0v) is 14.7. The Morgan fingerprint density at radius 2 is 1.63 bits per heavy atom. The van der Waals surface area contributed by atoms with Crippen molar-refractivity contribution in [3.8, 4) is 17.2 Å². The average Bonchev–Trinajstić information content (AvgIpc) is 3.11. The molecule has 140 valence electrons. The lowest BCUT2D eigenvalue weighted by molar-refractivity contribution is -0.131. The van der Waals surface area contributed by atoms with Crippen molar-refractivity contribution in [1.29, 1.82) is 0 Å². The minimum Gasteiger partial charge on any atom is -0.507 e. The molecule has 1 aromatic heterocycles. The minimum absolute atomic E-state index is 0.0985. The van der Waals surface area contributed by atoms with E-state index in [1.807, 2.05) is 0 Å². The number of aromatic nitrogens is 3. The Morgan fingerprint density at radius 3 is 2.30 bits per heavy atom. The number of methoxy groups -OCH3 is 2. The maximum atomic E-state index is 11.4. The van der Waals surface area contributed by atoms with Gasteiger partial charge in [0.15, 0.2) is 0 Å². The van der Waals surface area contributed by atoms with Crippen LogP contribution in [0.15, 0.2) is 47.9 Å². The monoisotopic (exact) mass is 371 g/mol. The number of hydrogen-bond acceptors (Lipinski definition) is 8. The van der Waals surface area contributed by atoms with Crippen LogP contribution < -0.4 is 14.2 Å². The Kier molecular flexibility index (Phi) is 5.20. The van der Waals surface area contributed by atoms with E-state index in [0.29, 0.717) is 22.9 Å². The number of benzene rings is 1. The number of ketones is 2.